The van der Waals surface area contributed by atoms with E-state index in [0.717, 1.165) is 22.6 Å². The molecule has 2 saturated heterocycles. The van der Waals surface area contributed by atoms with Crippen molar-refractivity contribution in [1.82, 2.24) is 0 Å². The van der Waals surface area contributed by atoms with Gasteiger partial charge in [-0.05, 0) is 28.6 Å². The van der Waals surface area contributed by atoms with Crippen molar-refractivity contribution >= 4 is 17.2 Å². The fraction of sp³-hybridized carbons (Fsp3) is 0.647. The Morgan fingerprint density at radius 3 is 1.17 bits per heavy atom. The zero-order chi connectivity index (χ0) is 31.3. The van der Waals surface area contributed by atoms with E-state index in [9.17, 15) is 0 Å². The third-order valence-electron chi connectivity index (χ3n) is 7.72. The summed E-state index contributed by atoms with van der Waals surface area (Å²) in [6.07, 6.45) is 0. The molecule has 4 rings (SSSR count). The first-order chi connectivity index (χ1) is 19.2. The summed E-state index contributed by atoms with van der Waals surface area (Å²) in [5, 5.41) is 0. The Kier molecular flexibility index (Phi) is 9.54. The molecule has 0 atom stereocenters. The van der Waals surface area contributed by atoms with E-state index in [1.54, 1.807) is 0 Å². The number of rotatable bonds is 4. The first-order valence-electron chi connectivity index (χ1n) is 15.0. The van der Waals surface area contributed by atoms with Crippen molar-refractivity contribution in [2.45, 2.75) is 112 Å². The fourth-order valence-electron chi connectivity index (χ4n) is 5.14. The molecule has 2 aromatic carbocycles. The number of hydrogen-bond donors (Lipinski definition) is 0. The third kappa shape index (κ3) is 7.68. The highest BCUT2D eigenvalue weighted by atomic mass is 31.2. The summed E-state index contributed by atoms with van der Waals surface area (Å²) in [7, 11) is -3.11. The molecule has 2 aliphatic rings. The zero-order valence-corrected chi connectivity index (χ0v) is 29.8. The summed E-state index contributed by atoms with van der Waals surface area (Å²) >= 11 is 0. The van der Waals surface area contributed by atoms with Crippen molar-refractivity contribution in [2.24, 2.45) is 5.41 Å². The summed E-state index contributed by atoms with van der Waals surface area (Å²) in [4.78, 5) is 0. The topological polar surface area (TPSA) is 55.4 Å². The van der Waals surface area contributed by atoms with Gasteiger partial charge in [-0.25, -0.2) is 0 Å². The normalized spacial score (nSPS) is 24.1. The van der Waals surface area contributed by atoms with Gasteiger partial charge in [0.25, 0.3) is 0 Å². The molecule has 234 valence electrons. The Bertz CT molecular complexity index is 1180. The molecule has 0 unspecified atom stereocenters. The molecule has 0 saturated carbocycles. The van der Waals surface area contributed by atoms with Gasteiger partial charge in [0.2, 0.25) is 0 Å². The monoisotopic (exact) mass is 618 g/mol. The average Bonchev–Trinajstić information content (AvgIpc) is 2.85. The van der Waals surface area contributed by atoms with Crippen molar-refractivity contribution in [3.63, 3.8) is 0 Å². The van der Waals surface area contributed by atoms with Crippen LogP contribution in [0, 0.1) is 12.3 Å². The molecule has 0 N–H and O–H groups in total. The van der Waals surface area contributed by atoms with Crippen LogP contribution in [0.25, 0.3) is 0 Å². The van der Waals surface area contributed by atoms with Gasteiger partial charge in [-0.1, -0.05) is 119 Å². The second-order valence-electron chi connectivity index (χ2n) is 16.1. The standard InChI is InChI=1S/C34H52O6P2/c1-23-17-26(32(8,9)10)29(27(18-23)33(11,12)13)40-42-37-21-34(22-38-42)19-35-41(36-20-34)39-28-24(30(2,3)4)15-14-16-25(28)31(5,6)7/h14-18H,19-22H2,1-13H3. The van der Waals surface area contributed by atoms with Crippen molar-refractivity contribution in [1.29, 1.82) is 0 Å². The van der Waals surface area contributed by atoms with E-state index in [4.69, 9.17) is 27.1 Å². The lowest BCUT2D eigenvalue weighted by molar-refractivity contribution is -0.0674. The van der Waals surface area contributed by atoms with Crippen LogP contribution in [-0.4, -0.2) is 26.4 Å². The van der Waals surface area contributed by atoms with Gasteiger partial charge in [-0.3, -0.25) is 0 Å². The molecule has 42 heavy (non-hydrogen) atoms. The fourth-order valence-corrected chi connectivity index (χ4v) is 7.71. The van der Waals surface area contributed by atoms with Crippen LogP contribution in [0.2, 0.25) is 0 Å². The van der Waals surface area contributed by atoms with E-state index < -0.39 is 22.6 Å². The van der Waals surface area contributed by atoms with Gasteiger partial charge in [0.1, 0.15) is 11.5 Å². The van der Waals surface area contributed by atoms with Gasteiger partial charge in [-0.2, -0.15) is 0 Å². The molecule has 0 radical (unpaired) electrons. The van der Waals surface area contributed by atoms with Gasteiger partial charge in [0.05, 0.1) is 31.8 Å². The summed E-state index contributed by atoms with van der Waals surface area (Å²) in [5.74, 6) is 1.75. The van der Waals surface area contributed by atoms with Crippen molar-refractivity contribution < 1.29 is 27.1 Å². The largest absolute Gasteiger partial charge is 0.426 e. The smallest absolute Gasteiger partial charge is 0.397 e. The average molecular weight is 619 g/mol. The summed E-state index contributed by atoms with van der Waals surface area (Å²) < 4.78 is 38.1. The van der Waals surface area contributed by atoms with Crippen LogP contribution in [0.3, 0.4) is 0 Å². The maximum absolute atomic E-state index is 6.57. The summed E-state index contributed by atoms with van der Waals surface area (Å²) in [6, 6.07) is 10.8. The van der Waals surface area contributed by atoms with Crippen LogP contribution in [0.1, 0.15) is 111 Å². The summed E-state index contributed by atoms with van der Waals surface area (Å²) in [6.45, 7) is 30.4. The minimum Gasteiger partial charge on any atom is -0.426 e. The van der Waals surface area contributed by atoms with Crippen LogP contribution in [0.15, 0.2) is 30.3 Å². The van der Waals surface area contributed by atoms with Crippen molar-refractivity contribution in [3.8, 4) is 11.5 Å². The lowest BCUT2D eigenvalue weighted by atomic mass is 9.78. The lowest BCUT2D eigenvalue weighted by Crippen LogP contribution is -2.45. The molecule has 2 aromatic rings. The van der Waals surface area contributed by atoms with Crippen LogP contribution in [-0.2, 0) is 39.8 Å². The Hall–Kier alpha value is -1.26. The predicted octanol–water partition coefficient (Wildman–Crippen LogP) is 10.2. The quantitative estimate of drug-likeness (QED) is 0.318. The molecule has 0 aliphatic carbocycles. The molecule has 1 spiro atoms. The Morgan fingerprint density at radius 2 is 0.857 bits per heavy atom. The zero-order valence-electron chi connectivity index (χ0n) is 28.1. The second kappa shape index (κ2) is 11.9. The van der Waals surface area contributed by atoms with E-state index in [1.807, 2.05) is 0 Å². The van der Waals surface area contributed by atoms with Gasteiger partial charge >= 0.3 is 17.2 Å². The first-order valence-corrected chi connectivity index (χ1v) is 17.2. The number of benzene rings is 2. The van der Waals surface area contributed by atoms with Gasteiger partial charge in [0.15, 0.2) is 0 Å². The molecule has 6 nitrogen and oxygen atoms in total. The first kappa shape index (κ1) is 33.6. The second-order valence-corrected chi connectivity index (χ2v) is 18.4. The van der Waals surface area contributed by atoms with E-state index in [1.165, 1.54) is 16.7 Å². The van der Waals surface area contributed by atoms with Gasteiger partial charge in [-0.15, -0.1) is 0 Å². The Balaban J connectivity index is 1.45. The highest BCUT2D eigenvalue weighted by Crippen LogP contribution is 2.56. The van der Waals surface area contributed by atoms with Gasteiger partial charge < -0.3 is 27.1 Å². The van der Waals surface area contributed by atoms with Crippen molar-refractivity contribution in [3.05, 3.63) is 58.1 Å². The van der Waals surface area contributed by atoms with E-state index >= 15 is 0 Å². The minimum atomic E-state index is -1.56. The number of para-hydroxylation sites is 1. The van der Waals surface area contributed by atoms with Crippen LogP contribution < -0.4 is 9.05 Å². The molecule has 0 amide bonds. The molecule has 0 bridgehead atoms. The number of aryl methyl sites for hydroxylation is 1. The Morgan fingerprint density at radius 1 is 0.548 bits per heavy atom. The maximum atomic E-state index is 6.57. The van der Waals surface area contributed by atoms with E-state index in [-0.39, 0.29) is 21.7 Å². The molecule has 8 heteroatoms. The molecule has 2 heterocycles. The highest BCUT2D eigenvalue weighted by molar-refractivity contribution is 7.42. The van der Waals surface area contributed by atoms with Crippen LogP contribution in [0.4, 0.5) is 0 Å². The summed E-state index contributed by atoms with van der Waals surface area (Å²) in [5.41, 5.74) is 5.12. The molecule has 2 fully saturated rings. The van der Waals surface area contributed by atoms with E-state index in [2.05, 4.69) is 120 Å². The van der Waals surface area contributed by atoms with Crippen LogP contribution >= 0.6 is 17.2 Å². The number of hydrogen-bond acceptors (Lipinski definition) is 6. The van der Waals surface area contributed by atoms with E-state index in [0.29, 0.717) is 26.4 Å². The molecule has 0 aromatic heterocycles. The molecular weight excluding hydrogens is 566 g/mol. The highest BCUT2D eigenvalue weighted by Gasteiger charge is 2.46. The predicted molar refractivity (Wildman–Crippen MR) is 174 cm³/mol. The molecule has 2 aliphatic heterocycles. The molecular formula is C34H52O6P2. The SMILES string of the molecule is Cc1cc(C(C)(C)C)c(OP2OCC3(COP(Oc4c(C(C)(C)C)cccc4C(C)(C)C)OC3)CO2)c(C(C)(C)C)c1. The lowest BCUT2D eigenvalue weighted by Gasteiger charge is -2.42. The van der Waals surface area contributed by atoms with Gasteiger partial charge in [0, 0.05) is 22.3 Å². The Labute approximate surface area is 257 Å². The minimum absolute atomic E-state index is 0.0810. The third-order valence-corrected chi connectivity index (χ3v) is 9.74. The van der Waals surface area contributed by atoms with Crippen molar-refractivity contribution in [2.75, 3.05) is 26.4 Å². The van der Waals surface area contributed by atoms with Crippen LogP contribution in [0.5, 0.6) is 11.5 Å². The maximum Gasteiger partial charge on any atom is 0.397 e.